The van der Waals surface area contributed by atoms with E-state index in [9.17, 15) is 4.79 Å². The third-order valence-electron chi connectivity index (χ3n) is 5.42. The van der Waals surface area contributed by atoms with Gasteiger partial charge in [-0.25, -0.2) is 9.67 Å². The highest BCUT2D eigenvalue weighted by molar-refractivity contribution is 7.13. The molecule has 3 aromatic heterocycles. The molecular weight excluding hydrogens is 398 g/mol. The minimum atomic E-state index is -0.0642. The third kappa shape index (κ3) is 3.95. The summed E-state index contributed by atoms with van der Waals surface area (Å²) in [7, 11) is 0. The average Bonchev–Trinajstić information content (AvgIpc) is 3.44. The van der Waals surface area contributed by atoms with Crippen molar-refractivity contribution in [2.45, 2.75) is 45.2 Å². The van der Waals surface area contributed by atoms with E-state index in [0.29, 0.717) is 37.4 Å². The second-order valence-electron chi connectivity index (χ2n) is 7.70. The van der Waals surface area contributed by atoms with Crippen LogP contribution in [-0.4, -0.2) is 51.4 Å². The Balaban J connectivity index is 1.82. The number of ether oxygens (including phenoxy) is 1. The van der Waals surface area contributed by atoms with Crippen LogP contribution in [0.2, 0.25) is 0 Å². The van der Waals surface area contributed by atoms with Crippen LogP contribution in [0.25, 0.3) is 21.6 Å². The zero-order chi connectivity index (χ0) is 21.1. The lowest BCUT2D eigenvalue weighted by Gasteiger charge is -2.34. The van der Waals surface area contributed by atoms with Gasteiger partial charge >= 0.3 is 0 Å². The molecule has 1 amide bonds. The Morgan fingerprint density at radius 3 is 2.90 bits per heavy atom. The van der Waals surface area contributed by atoms with Gasteiger partial charge in [-0.1, -0.05) is 6.07 Å². The fourth-order valence-electron chi connectivity index (χ4n) is 3.90. The summed E-state index contributed by atoms with van der Waals surface area (Å²) in [5, 5.41) is 16.4. The van der Waals surface area contributed by atoms with E-state index < -0.39 is 0 Å². The Hall–Kier alpha value is -2.76. The SMILES string of the molecule is CC(C)n1ncc2c(C(=O)N(CCC#N)C3CCOCC3)cc(-c3cccs3)nc21. The summed E-state index contributed by atoms with van der Waals surface area (Å²) >= 11 is 1.60. The first-order valence-corrected chi connectivity index (χ1v) is 11.2. The maximum Gasteiger partial charge on any atom is 0.255 e. The summed E-state index contributed by atoms with van der Waals surface area (Å²) in [5.74, 6) is -0.0642. The van der Waals surface area contributed by atoms with Gasteiger partial charge in [0, 0.05) is 31.8 Å². The number of nitrogens with zero attached hydrogens (tertiary/aromatic N) is 5. The Labute approximate surface area is 179 Å². The van der Waals surface area contributed by atoms with Crippen LogP contribution in [0, 0.1) is 11.3 Å². The third-order valence-corrected chi connectivity index (χ3v) is 6.31. The van der Waals surface area contributed by atoms with Crippen LogP contribution in [0.3, 0.4) is 0 Å². The van der Waals surface area contributed by atoms with Crippen molar-refractivity contribution in [3.05, 3.63) is 35.3 Å². The van der Waals surface area contributed by atoms with Gasteiger partial charge in [-0.3, -0.25) is 4.79 Å². The number of fused-ring (bicyclic) bond motifs is 1. The fourth-order valence-corrected chi connectivity index (χ4v) is 4.58. The van der Waals surface area contributed by atoms with Crippen LogP contribution in [0.15, 0.2) is 29.8 Å². The normalized spacial score (nSPS) is 14.9. The second-order valence-corrected chi connectivity index (χ2v) is 8.65. The summed E-state index contributed by atoms with van der Waals surface area (Å²) in [6.45, 7) is 5.79. The number of thiophene rings is 1. The lowest BCUT2D eigenvalue weighted by molar-refractivity contribution is 0.0297. The van der Waals surface area contributed by atoms with Crippen LogP contribution in [0.1, 0.15) is 49.5 Å². The van der Waals surface area contributed by atoms with E-state index in [1.165, 1.54) is 0 Å². The second kappa shape index (κ2) is 8.94. The van der Waals surface area contributed by atoms with Gasteiger partial charge in [0.15, 0.2) is 5.65 Å². The molecule has 8 heteroatoms. The lowest BCUT2D eigenvalue weighted by atomic mass is 10.0. The summed E-state index contributed by atoms with van der Waals surface area (Å²) in [6, 6.07) is 8.25. The van der Waals surface area contributed by atoms with Crippen LogP contribution >= 0.6 is 11.3 Å². The van der Waals surface area contributed by atoms with Gasteiger partial charge in [0.05, 0.1) is 40.2 Å². The topological polar surface area (TPSA) is 84.0 Å². The van der Waals surface area contributed by atoms with Gasteiger partial charge in [-0.15, -0.1) is 11.3 Å². The number of nitriles is 1. The molecule has 3 aromatic rings. The summed E-state index contributed by atoms with van der Waals surface area (Å²) in [5.41, 5.74) is 2.08. The number of rotatable bonds is 6. The smallest absolute Gasteiger partial charge is 0.255 e. The number of aromatic nitrogens is 3. The maximum atomic E-state index is 13.8. The summed E-state index contributed by atoms with van der Waals surface area (Å²) in [6.07, 6.45) is 3.61. The molecule has 0 saturated carbocycles. The molecule has 1 aliphatic heterocycles. The largest absolute Gasteiger partial charge is 0.381 e. The highest BCUT2D eigenvalue weighted by Gasteiger charge is 2.29. The number of carbonyl (C=O) groups excluding carboxylic acids is 1. The highest BCUT2D eigenvalue weighted by atomic mass is 32.1. The molecule has 1 aliphatic rings. The number of hydrogen-bond donors (Lipinski definition) is 0. The highest BCUT2D eigenvalue weighted by Crippen LogP contribution is 2.30. The van der Waals surface area contributed by atoms with Crippen molar-refractivity contribution in [3.8, 4) is 16.6 Å². The molecule has 7 nitrogen and oxygen atoms in total. The Kier molecular flexibility index (Phi) is 6.11. The molecular formula is C22H25N5O2S. The van der Waals surface area contributed by atoms with Crippen molar-refractivity contribution < 1.29 is 9.53 Å². The number of hydrogen-bond acceptors (Lipinski definition) is 6. The molecule has 0 atom stereocenters. The maximum absolute atomic E-state index is 13.8. The minimum absolute atomic E-state index is 0.0642. The molecule has 4 rings (SSSR count). The van der Waals surface area contributed by atoms with Gasteiger partial charge in [-0.2, -0.15) is 10.4 Å². The Morgan fingerprint density at radius 2 is 2.23 bits per heavy atom. The van der Waals surface area contributed by atoms with Crippen molar-refractivity contribution in [2.75, 3.05) is 19.8 Å². The molecule has 0 N–H and O–H groups in total. The van der Waals surface area contributed by atoms with Gasteiger partial charge in [0.25, 0.3) is 5.91 Å². The van der Waals surface area contributed by atoms with Crippen LogP contribution in [0.5, 0.6) is 0 Å². The predicted molar refractivity (Wildman–Crippen MR) is 116 cm³/mol. The lowest BCUT2D eigenvalue weighted by Crippen LogP contribution is -2.44. The van der Waals surface area contributed by atoms with Crippen molar-refractivity contribution in [2.24, 2.45) is 0 Å². The van der Waals surface area contributed by atoms with Crippen LogP contribution in [0.4, 0.5) is 0 Å². The van der Waals surface area contributed by atoms with E-state index in [2.05, 4.69) is 25.0 Å². The van der Waals surface area contributed by atoms with Crippen LogP contribution < -0.4 is 0 Å². The van der Waals surface area contributed by atoms with Crippen molar-refractivity contribution >= 4 is 28.3 Å². The summed E-state index contributed by atoms with van der Waals surface area (Å²) in [4.78, 5) is 21.5. The van der Waals surface area contributed by atoms with Crippen molar-refractivity contribution in [3.63, 3.8) is 0 Å². The Morgan fingerprint density at radius 1 is 1.43 bits per heavy atom. The van der Waals surface area contributed by atoms with Gasteiger partial charge in [0.1, 0.15) is 0 Å². The standard InChI is InChI=1S/C22H25N5O2S/c1-15(2)27-21-18(14-24-27)17(13-19(25-21)20-5-3-12-30-20)22(28)26(9-4-8-23)16-6-10-29-11-7-16/h3,5,12-16H,4,6-7,9-11H2,1-2H3. The van der Waals surface area contributed by atoms with Gasteiger partial charge in [-0.05, 0) is 44.2 Å². The molecule has 156 valence electrons. The van der Waals surface area contributed by atoms with E-state index in [1.807, 2.05) is 33.2 Å². The zero-order valence-corrected chi connectivity index (χ0v) is 18.1. The monoisotopic (exact) mass is 423 g/mol. The minimum Gasteiger partial charge on any atom is -0.381 e. The first-order valence-electron chi connectivity index (χ1n) is 10.3. The van der Waals surface area contributed by atoms with Crippen molar-refractivity contribution in [1.82, 2.24) is 19.7 Å². The first kappa shape index (κ1) is 20.5. The molecule has 0 bridgehead atoms. The van der Waals surface area contributed by atoms with Crippen molar-refractivity contribution in [1.29, 1.82) is 5.26 Å². The molecule has 0 aromatic carbocycles. The number of carbonyl (C=O) groups is 1. The number of amides is 1. The zero-order valence-electron chi connectivity index (χ0n) is 17.2. The molecule has 1 fully saturated rings. The van der Waals surface area contributed by atoms with Gasteiger partial charge < -0.3 is 9.64 Å². The first-order chi connectivity index (χ1) is 14.6. The molecule has 0 radical (unpaired) electrons. The summed E-state index contributed by atoms with van der Waals surface area (Å²) < 4.78 is 7.34. The average molecular weight is 424 g/mol. The van der Waals surface area contributed by atoms with E-state index in [4.69, 9.17) is 15.0 Å². The van der Waals surface area contributed by atoms with E-state index in [1.54, 1.807) is 17.5 Å². The predicted octanol–water partition coefficient (Wildman–Crippen LogP) is 4.28. The molecule has 0 unspecified atom stereocenters. The van der Waals surface area contributed by atoms with E-state index >= 15 is 0 Å². The van der Waals surface area contributed by atoms with E-state index in [0.717, 1.165) is 28.8 Å². The Bertz CT molecular complexity index is 1060. The molecule has 0 spiro atoms. The van der Waals surface area contributed by atoms with Gasteiger partial charge in [0.2, 0.25) is 0 Å². The fraction of sp³-hybridized carbons (Fsp3) is 0.455. The quantitative estimate of drug-likeness (QED) is 0.591. The molecule has 30 heavy (non-hydrogen) atoms. The van der Waals surface area contributed by atoms with E-state index in [-0.39, 0.29) is 18.0 Å². The number of pyridine rings is 1. The van der Waals surface area contributed by atoms with Crippen LogP contribution in [-0.2, 0) is 4.74 Å². The molecule has 1 saturated heterocycles. The molecule has 0 aliphatic carbocycles. The molecule has 4 heterocycles.